The number of hydrogen-bond acceptors (Lipinski definition) is 7. The van der Waals surface area contributed by atoms with Crippen molar-refractivity contribution in [2.45, 2.75) is 25.0 Å². The lowest BCUT2D eigenvalue weighted by atomic mass is 10.3. The lowest BCUT2D eigenvalue weighted by Gasteiger charge is -2.28. The van der Waals surface area contributed by atoms with Gasteiger partial charge in [0.15, 0.2) is 10.8 Å². The van der Waals surface area contributed by atoms with E-state index in [-0.39, 0.29) is 5.91 Å². The van der Waals surface area contributed by atoms with Crippen molar-refractivity contribution in [2.75, 3.05) is 48.8 Å². The van der Waals surface area contributed by atoms with Crippen LogP contribution in [0.1, 0.15) is 13.3 Å². The van der Waals surface area contributed by atoms with Crippen LogP contribution in [0.15, 0.2) is 11.4 Å². The van der Waals surface area contributed by atoms with Crippen LogP contribution in [0, 0.1) is 0 Å². The zero-order valence-corrected chi connectivity index (χ0v) is 17.2. The van der Waals surface area contributed by atoms with E-state index in [0.29, 0.717) is 38.1 Å². The number of ether oxygens (including phenoxy) is 1. The number of alkyl halides is 1. The molecule has 1 amide bonds. The number of fused-ring (bicyclic) bond motifs is 1. The average Bonchev–Trinajstić information content (AvgIpc) is 3.05. The SMILES string of the molecule is CCSc1nc(N2CCOCC2)c2cnn(CCNC(=O)CCBr)c2n1. The van der Waals surface area contributed by atoms with Crippen LogP contribution >= 0.6 is 27.7 Å². The highest BCUT2D eigenvalue weighted by Crippen LogP contribution is 2.27. The predicted octanol–water partition coefficient (Wildman–Crippen LogP) is 1.68. The van der Waals surface area contributed by atoms with Gasteiger partial charge in [0, 0.05) is 31.4 Å². The van der Waals surface area contributed by atoms with Gasteiger partial charge in [-0.15, -0.1) is 0 Å². The topological polar surface area (TPSA) is 85.2 Å². The fraction of sp³-hybridized carbons (Fsp3) is 0.625. The number of morpholine rings is 1. The summed E-state index contributed by atoms with van der Waals surface area (Å²) in [5.41, 5.74) is 0.812. The second-order valence-electron chi connectivity index (χ2n) is 5.76. The van der Waals surface area contributed by atoms with E-state index in [1.54, 1.807) is 11.8 Å². The van der Waals surface area contributed by atoms with Crippen LogP contribution in [0.2, 0.25) is 0 Å². The van der Waals surface area contributed by atoms with E-state index in [1.807, 2.05) is 10.9 Å². The van der Waals surface area contributed by atoms with Gasteiger partial charge < -0.3 is 15.0 Å². The zero-order chi connectivity index (χ0) is 18.4. The molecule has 0 saturated carbocycles. The molecule has 3 rings (SSSR count). The van der Waals surface area contributed by atoms with Crippen LogP contribution in [0.3, 0.4) is 0 Å². The van der Waals surface area contributed by atoms with Gasteiger partial charge in [0.25, 0.3) is 0 Å². The van der Waals surface area contributed by atoms with Crippen molar-refractivity contribution in [1.82, 2.24) is 25.1 Å². The minimum absolute atomic E-state index is 0.0317. The molecule has 1 saturated heterocycles. The standard InChI is InChI=1S/C16H23BrN6O2S/c1-2-26-16-20-14(22-7-9-25-10-8-22)12-11-19-23(15(12)21-16)6-5-18-13(24)3-4-17/h11H,2-10H2,1H3,(H,18,24). The summed E-state index contributed by atoms with van der Waals surface area (Å²) in [6, 6.07) is 0. The molecule has 10 heteroatoms. The summed E-state index contributed by atoms with van der Waals surface area (Å²) in [5.74, 6) is 1.86. The van der Waals surface area contributed by atoms with Crippen molar-refractivity contribution < 1.29 is 9.53 Å². The number of thioether (sulfide) groups is 1. The van der Waals surface area contributed by atoms with E-state index in [4.69, 9.17) is 9.72 Å². The molecule has 1 aliphatic heterocycles. The Labute approximate surface area is 165 Å². The van der Waals surface area contributed by atoms with E-state index in [1.165, 1.54) is 0 Å². The second kappa shape index (κ2) is 9.52. The highest BCUT2D eigenvalue weighted by Gasteiger charge is 2.20. The van der Waals surface area contributed by atoms with E-state index >= 15 is 0 Å². The molecule has 2 aromatic heterocycles. The second-order valence-corrected chi connectivity index (χ2v) is 7.78. The molecular weight excluding hydrogens is 420 g/mol. The Bertz CT molecular complexity index is 750. The molecule has 0 bridgehead atoms. The number of carbonyl (C=O) groups excluding carboxylic acids is 1. The van der Waals surface area contributed by atoms with E-state index in [0.717, 1.165) is 40.9 Å². The van der Waals surface area contributed by atoms with Crippen molar-refractivity contribution in [3.05, 3.63) is 6.20 Å². The molecule has 0 unspecified atom stereocenters. The van der Waals surface area contributed by atoms with E-state index in [9.17, 15) is 4.79 Å². The first-order valence-electron chi connectivity index (χ1n) is 8.74. The summed E-state index contributed by atoms with van der Waals surface area (Å²) >= 11 is 4.89. The van der Waals surface area contributed by atoms with Crippen LogP contribution in [-0.4, -0.2) is 69.6 Å². The lowest BCUT2D eigenvalue weighted by molar-refractivity contribution is -0.120. The number of anilines is 1. The molecule has 142 valence electrons. The maximum absolute atomic E-state index is 11.6. The first-order chi connectivity index (χ1) is 12.7. The Kier molecular flexibility index (Phi) is 7.09. The third-order valence-corrected chi connectivity index (χ3v) is 5.13. The summed E-state index contributed by atoms with van der Waals surface area (Å²) in [7, 11) is 0. The Morgan fingerprint density at radius 3 is 2.92 bits per heavy atom. The highest BCUT2D eigenvalue weighted by molar-refractivity contribution is 9.09. The van der Waals surface area contributed by atoms with Crippen LogP contribution in [0.25, 0.3) is 11.0 Å². The maximum Gasteiger partial charge on any atom is 0.220 e. The molecule has 1 fully saturated rings. The molecule has 3 heterocycles. The summed E-state index contributed by atoms with van der Waals surface area (Å²) in [6.45, 7) is 6.23. The summed E-state index contributed by atoms with van der Waals surface area (Å²) < 4.78 is 7.30. The molecule has 1 aliphatic rings. The number of aromatic nitrogens is 4. The van der Waals surface area contributed by atoms with Crippen LogP contribution < -0.4 is 10.2 Å². The Morgan fingerprint density at radius 1 is 1.38 bits per heavy atom. The highest BCUT2D eigenvalue weighted by atomic mass is 79.9. The fourth-order valence-electron chi connectivity index (χ4n) is 2.77. The average molecular weight is 443 g/mol. The Hall–Kier alpha value is -1.39. The van der Waals surface area contributed by atoms with Gasteiger partial charge in [0.05, 0.1) is 31.3 Å². The fourth-order valence-corrected chi connectivity index (χ4v) is 3.69. The number of halogens is 1. The summed E-state index contributed by atoms with van der Waals surface area (Å²) in [6.07, 6.45) is 2.29. The minimum atomic E-state index is 0.0317. The third-order valence-electron chi connectivity index (χ3n) is 4.01. The normalized spacial score (nSPS) is 14.8. The van der Waals surface area contributed by atoms with Gasteiger partial charge in [-0.1, -0.05) is 34.6 Å². The van der Waals surface area contributed by atoms with E-state index in [2.05, 4.69) is 43.2 Å². The largest absolute Gasteiger partial charge is 0.378 e. The number of nitrogens with one attached hydrogen (secondary N) is 1. The molecule has 0 spiro atoms. The first kappa shape index (κ1) is 19.4. The van der Waals surface area contributed by atoms with Gasteiger partial charge in [-0.2, -0.15) is 5.10 Å². The van der Waals surface area contributed by atoms with E-state index < -0.39 is 0 Å². The van der Waals surface area contributed by atoms with Crippen molar-refractivity contribution in [1.29, 1.82) is 0 Å². The Morgan fingerprint density at radius 2 is 2.19 bits per heavy atom. The van der Waals surface area contributed by atoms with Crippen LogP contribution in [0.4, 0.5) is 5.82 Å². The molecule has 0 aliphatic carbocycles. The molecule has 0 radical (unpaired) electrons. The van der Waals surface area contributed by atoms with Crippen molar-refractivity contribution in [3.8, 4) is 0 Å². The van der Waals surface area contributed by atoms with Crippen LogP contribution in [0.5, 0.6) is 0 Å². The monoisotopic (exact) mass is 442 g/mol. The molecule has 26 heavy (non-hydrogen) atoms. The molecule has 0 aromatic carbocycles. The van der Waals surface area contributed by atoms with Gasteiger partial charge >= 0.3 is 0 Å². The summed E-state index contributed by atoms with van der Waals surface area (Å²) in [5, 5.41) is 9.74. The van der Waals surface area contributed by atoms with Crippen molar-refractivity contribution in [3.63, 3.8) is 0 Å². The molecule has 8 nitrogen and oxygen atoms in total. The molecular formula is C16H23BrN6O2S. The molecule has 0 atom stereocenters. The lowest BCUT2D eigenvalue weighted by Crippen LogP contribution is -2.37. The first-order valence-corrected chi connectivity index (χ1v) is 10.9. The zero-order valence-electron chi connectivity index (χ0n) is 14.8. The number of carbonyl (C=O) groups is 1. The van der Waals surface area contributed by atoms with Crippen LogP contribution in [-0.2, 0) is 16.1 Å². The van der Waals surface area contributed by atoms with Gasteiger partial charge in [0.1, 0.15) is 5.82 Å². The van der Waals surface area contributed by atoms with Gasteiger partial charge in [0.2, 0.25) is 5.91 Å². The third kappa shape index (κ3) is 4.66. The smallest absolute Gasteiger partial charge is 0.220 e. The predicted molar refractivity (Wildman–Crippen MR) is 106 cm³/mol. The number of nitrogens with zero attached hydrogens (tertiary/aromatic N) is 5. The quantitative estimate of drug-likeness (QED) is 0.378. The number of hydrogen-bond donors (Lipinski definition) is 1. The van der Waals surface area contributed by atoms with Crippen molar-refractivity contribution >= 4 is 50.5 Å². The molecule has 1 N–H and O–H groups in total. The minimum Gasteiger partial charge on any atom is -0.378 e. The number of rotatable bonds is 8. The van der Waals surface area contributed by atoms with Gasteiger partial charge in [-0.3, -0.25) is 4.79 Å². The maximum atomic E-state index is 11.6. The van der Waals surface area contributed by atoms with Gasteiger partial charge in [-0.05, 0) is 5.75 Å². The van der Waals surface area contributed by atoms with Gasteiger partial charge in [-0.25, -0.2) is 14.6 Å². The Balaban J connectivity index is 1.83. The number of amides is 1. The van der Waals surface area contributed by atoms with Crippen molar-refractivity contribution in [2.24, 2.45) is 0 Å². The summed E-state index contributed by atoms with van der Waals surface area (Å²) in [4.78, 5) is 23.3. The molecule has 2 aromatic rings.